The second-order valence-electron chi connectivity index (χ2n) is 12.1. The fourth-order valence-electron chi connectivity index (χ4n) is 6.98. The molecule has 0 spiro atoms. The minimum absolute atomic E-state index is 0.256. The number of rotatable bonds is 6. The second kappa shape index (κ2) is 11.8. The van der Waals surface area contributed by atoms with Gasteiger partial charge in [0.1, 0.15) is 0 Å². The fourth-order valence-corrected chi connectivity index (χ4v) is 9.32. The predicted molar refractivity (Wildman–Crippen MR) is 167 cm³/mol. The van der Waals surface area contributed by atoms with Crippen LogP contribution in [0.1, 0.15) is 60.9 Å². The lowest BCUT2D eigenvalue weighted by atomic mass is 9.81. The number of hydrogen-bond donors (Lipinski definition) is 0. The summed E-state index contributed by atoms with van der Waals surface area (Å²) in [5.41, 5.74) is 3.35. The Morgan fingerprint density at radius 1 is 0.929 bits per heavy atom. The molecule has 0 N–H and O–H groups in total. The van der Waals surface area contributed by atoms with Crippen LogP contribution < -0.4 is 0 Å². The molecule has 0 bridgehead atoms. The third-order valence-corrected chi connectivity index (χ3v) is 12.2. The van der Waals surface area contributed by atoms with Crippen molar-refractivity contribution >= 4 is 32.4 Å². The van der Waals surface area contributed by atoms with Gasteiger partial charge in [-0.2, -0.15) is 0 Å². The molecule has 1 aromatic carbocycles. The van der Waals surface area contributed by atoms with E-state index in [1.807, 2.05) is 12.3 Å². The first kappa shape index (κ1) is 28.2. The van der Waals surface area contributed by atoms with Gasteiger partial charge < -0.3 is 9.64 Å². The van der Waals surface area contributed by atoms with Gasteiger partial charge in [-0.3, -0.25) is 4.90 Å². The van der Waals surface area contributed by atoms with Crippen molar-refractivity contribution in [2.24, 2.45) is 0 Å². The minimum atomic E-state index is -3.82. The van der Waals surface area contributed by atoms with E-state index in [1.165, 1.54) is 22.4 Å². The molecule has 3 aliphatic rings. The number of benzene rings is 1. The fraction of sp³-hybridized carbons (Fsp3) is 0.500. The van der Waals surface area contributed by atoms with Gasteiger partial charge in [-0.15, -0.1) is 11.3 Å². The zero-order valence-corrected chi connectivity index (χ0v) is 25.8. The maximum absolute atomic E-state index is 13.8. The molecule has 2 aliphatic heterocycles. The summed E-state index contributed by atoms with van der Waals surface area (Å²) in [6.07, 6.45) is 10.4. The maximum atomic E-state index is 13.8. The number of thiazole rings is 1. The third kappa shape index (κ3) is 5.43. The van der Waals surface area contributed by atoms with E-state index in [4.69, 9.17) is 14.7 Å². The highest BCUT2D eigenvalue weighted by atomic mass is 32.2. The van der Waals surface area contributed by atoms with E-state index in [9.17, 15) is 8.42 Å². The number of piperidine rings is 1. The molecule has 1 saturated carbocycles. The van der Waals surface area contributed by atoms with Crippen LogP contribution in [0.3, 0.4) is 0 Å². The number of ether oxygens (including phenoxy) is 1. The molecule has 0 atom stereocenters. The second-order valence-corrected chi connectivity index (χ2v) is 14.8. The zero-order valence-electron chi connectivity index (χ0n) is 24.2. The zero-order chi connectivity index (χ0) is 28.7. The van der Waals surface area contributed by atoms with Crippen LogP contribution in [-0.2, 0) is 14.8 Å². The Bertz CT molecular complexity index is 1630. The van der Waals surface area contributed by atoms with Gasteiger partial charge in [-0.1, -0.05) is 18.2 Å². The van der Waals surface area contributed by atoms with E-state index in [0.717, 1.165) is 86.7 Å². The van der Waals surface area contributed by atoms with Gasteiger partial charge >= 0.3 is 0 Å². The molecule has 2 saturated heterocycles. The first-order valence-electron chi connectivity index (χ1n) is 15.2. The summed E-state index contributed by atoms with van der Waals surface area (Å²) in [6.45, 7) is 5.89. The van der Waals surface area contributed by atoms with Crippen molar-refractivity contribution in [2.45, 2.75) is 61.3 Å². The van der Waals surface area contributed by atoms with Crippen LogP contribution in [0.15, 0.2) is 59.1 Å². The Kier molecular flexibility index (Phi) is 7.92. The van der Waals surface area contributed by atoms with Crippen molar-refractivity contribution in [3.05, 3.63) is 64.7 Å². The van der Waals surface area contributed by atoms with Crippen molar-refractivity contribution in [1.29, 1.82) is 0 Å². The molecular formula is C32H39N5O3S2. The summed E-state index contributed by atoms with van der Waals surface area (Å²) in [6, 6.07) is 11.5. The van der Waals surface area contributed by atoms with Crippen LogP contribution in [0.25, 0.3) is 22.3 Å². The lowest BCUT2D eigenvalue weighted by Crippen LogP contribution is -2.44. The Morgan fingerprint density at radius 2 is 1.67 bits per heavy atom. The smallest absolute Gasteiger partial charge is 0.269 e. The molecule has 222 valence electrons. The number of hydrogen-bond acceptors (Lipinski definition) is 8. The van der Waals surface area contributed by atoms with Crippen molar-refractivity contribution < 1.29 is 13.2 Å². The quantitative estimate of drug-likeness (QED) is 0.285. The highest BCUT2D eigenvalue weighted by Crippen LogP contribution is 2.40. The molecule has 0 radical (unpaired) electrons. The van der Waals surface area contributed by atoms with Gasteiger partial charge in [0.05, 0.1) is 28.8 Å². The molecule has 7 rings (SSSR count). The van der Waals surface area contributed by atoms with E-state index < -0.39 is 10.0 Å². The summed E-state index contributed by atoms with van der Waals surface area (Å²) in [5, 5.41) is 4.11. The lowest BCUT2D eigenvalue weighted by Gasteiger charge is -2.38. The van der Waals surface area contributed by atoms with Crippen molar-refractivity contribution in [2.75, 3.05) is 46.4 Å². The van der Waals surface area contributed by atoms with Gasteiger partial charge in [0.15, 0.2) is 5.65 Å². The predicted octanol–water partition coefficient (Wildman–Crippen LogP) is 5.56. The largest absolute Gasteiger partial charge is 0.379 e. The van der Waals surface area contributed by atoms with Gasteiger partial charge in [-0.25, -0.2) is 22.4 Å². The van der Waals surface area contributed by atoms with Gasteiger partial charge in [0.2, 0.25) is 0 Å². The van der Waals surface area contributed by atoms with Crippen LogP contribution in [0.4, 0.5) is 0 Å². The highest BCUT2D eigenvalue weighted by Gasteiger charge is 2.30. The van der Waals surface area contributed by atoms with E-state index in [2.05, 4.69) is 28.3 Å². The van der Waals surface area contributed by atoms with E-state index in [0.29, 0.717) is 23.5 Å². The minimum Gasteiger partial charge on any atom is -0.379 e. The van der Waals surface area contributed by atoms with Crippen LogP contribution in [-0.4, -0.2) is 84.6 Å². The molecule has 10 heteroatoms. The normalized spacial score (nSPS) is 23.5. The number of morpholine rings is 1. The average Bonchev–Trinajstić information content (AvgIpc) is 3.68. The summed E-state index contributed by atoms with van der Waals surface area (Å²) in [5.74, 6) is 0.878. The summed E-state index contributed by atoms with van der Waals surface area (Å²) in [4.78, 5) is 15.2. The van der Waals surface area contributed by atoms with Crippen LogP contribution in [0.5, 0.6) is 0 Å². The first-order chi connectivity index (χ1) is 20.5. The van der Waals surface area contributed by atoms with Crippen molar-refractivity contribution in [1.82, 2.24) is 23.7 Å². The van der Waals surface area contributed by atoms with Crippen LogP contribution in [0.2, 0.25) is 0 Å². The molecule has 4 aromatic rings. The Balaban J connectivity index is 1.24. The SMILES string of the molecule is CN1CCC(c2nc(-c3cn(S(=O)(=O)c4ccccc4)c4ncc([C@H]5CC[C@H](N6CCOCC6)CC5)cc34)cs2)CC1. The van der Waals surface area contributed by atoms with Gasteiger partial charge in [0.25, 0.3) is 10.0 Å². The first-order valence-corrected chi connectivity index (χ1v) is 17.6. The molecular weight excluding hydrogens is 567 g/mol. The molecule has 3 aromatic heterocycles. The maximum Gasteiger partial charge on any atom is 0.269 e. The Labute approximate surface area is 252 Å². The monoisotopic (exact) mass is 605 g/mol. The van der Waals surface area contributed by atoms with E-state index in [1.54, 1.807) is 41.8 Å². The van der Waals surface area contributed by atoms with Crippen molar-refractivity contribution in [3.63, 3.8) is 0 Å². The van der Waals surface area contributed by atoms with Crippen LogP contribution >= 0.6 is 11.3 Å². The van der Waals surface area contributed by atoms with Crippen molar-refractivity contribution in [3.8, 4) is 11.3 Å². The van der Waals surface area contributed by atoms with Crippen LogP contribution in [0, 0.1) is 0 Å². The van der Waals surface area contributed by atoms with E-state index in [-0.39, 0.29) is 4.90 Å². The molecule has 5 heterocycles. The molecule has 8 nitrogen and oxygen atoms in total. The number of likely N-dealkylation sites (tertiary alicyclic amines) is 1. The molecule has 0 amide bonds. The topological polar surface area (TPSA) is 80.6 Å². The molecule has 0 unspecified atom stereocenters. The highest BCUT2D eigenvalue weighted by molar-refractivity contribution is 7.90. The van der Waals surface area contributed by atoms with Gasteiger partial charge in [0, 0.05) is 53.8 Å². The standard InChI is InChI=1S/C32H39N5O3S2/c1-35-13-11-24(12-14-35)32-34-30(22-41-32)29-21-37(42(38,39)27-5-3-2-4-6-27)31-28(29)19-25(20-33-31)23-7-9-26(10-8-23)36-15-17-40-18-16-36/h2-6,19-24,26H,7-18H2,1H3/t23-,26-. The number of pyridine rings is 1. The third-order valence-electron chi connectivity index (χ3n) is 9.53. The molecule has 1 aliphatic carbocycles. The number of nitrogens with zero attached hydrogens (tertiary/aromatic N) is 5. The Hall–Kier alpha value is -2.63. The summed E-state index contributed by atoms with van der Waals surface area (Å²) >= 11 is 1.70. The molecule has 42 heavy (non-hydrogen) atoms. The number of aromatic nitrogens is 3. The Morgan fingerprint density at radius 3 is 2.40 bits per heavy atom. The van der Waals surface area contributed by atoms with E-state index >= 15 is 0 Å². The average molecular weight is 606 g/mol. The lowest BCUT2D eigenvalue weighted by molar-refractivity contribution is 0.00729. The molecule has 3 fully saturated rings. The summed E-state index contributed by atoms with van der Waals surface area (Å²) < 4.78 is 34.6. The number of fused-ring (bicyclic) bond motifs is 1. The van der Waals surface area contributed by atoms with Gasteiger partial charge in [-0.05, 0) is 88.3 Å². The summed E-state index contributed by atoms with van der Waals surface area (Å²) in [7, 11) is -1.65.